The van der Waals surface area contributed by atoms with Gasteiger partial charge in [0.1, 0.15) is 6.54 Å². The van der Waals surface area contributed by atoms with Crippen molar-refractivity contribution in [1.82, 2.24) is 14.7 Å². The van der Waals surface area contributed by atoms with E-state index in [9.17, 15) is 9.59 Å². The second kappa shape index (κ2) is 13.1. The van der Waals surface area contributed by atoms with E-state index in [-0.39, 0.29) is 18.4 Å². The maximum atomic E-state index is 13.7. The van der Waals surface area contributed by atoms with Crippen LogP contribution in [0, 0.1) is 6.92 Å². The highest BCUT2D eigenvalue weighted by Crippen LogP contribution is 2.19. The quantitative estimate of drug-likeness (QED) is 0.351. The number of aryl methyl sites for hydroxylation is 1. The number of hydrogen-bond donors (Lipinski definition) is 0. The van der Waals surface area contributed by atoms with Gasteiger partial charge in [-0.05, 0) is 48.9 Å². The highest BCUT2D eigenvalue weighted by Gasteiger charge is 2.24. The molecule has 0 aliphatic carbocycles. The van der Waals surface area contributed by atoms with E-state index in [0.717, 1.165) is 28.0 Å². The first-order valence-corrected chi connectivity index (χ1v) is 13.8. The zero-order valence-corrected chi connectivity index (χ0v) is 23.0. The summed E-state index contributed by atoms with van der Waals surface area (Å²) >= 11 is 5.13. The van der Waals surface area contributed by atoms with E-state index in [1.807, 2.05) is 47.4 Å². The van der Waals surface area contributed by atoms with Gasteiger partial charge >= 0.3 is 0 Å². The first kappa shape index (κ1) is 26.5. The van der Waals surface area contributed by atoms with Crippen molar-refractivity contribution in [3.8, 4) is 0 Å². The minimum Gasteiger partial charge on any atom is -0.379 e. The van der Waals surface area contributed by atoms with Crippen LogP contribution in [0.4, 0.5) is 0 Å². The normalized spacial score (nSPS) is 13.9. The van der Waals surface area contributed by atoms with Crippen LogP contribution < -0.4 is 0 Å². The predicted octanol–water partition coefficient (Wildman–Crippen LogP) is 4.82. The summed E-state index contributed by atoms with van der Waals surface area (Å²) in [6.07, 6.45) is 0. The first-order valence-electron chi connectivity index (χ1n) is 12.2. The number of carbonyl (C=O) groups excluding carboxylic acids is 2. The molecular weight excluding hydrogens is 538 g/mol. The fraction of sp³-hybridized carbons (Fsp3) is 0.357. The van der Waals surface area contributed by atoms with Gasteiger partial charge in [-0.15, -0.1) is 11.3 Å². The van der Waals surface area contributed by atoms with E-state index < -0.39 is 0 Å². The molecule has 2 amide bonds. The molecule has 0 saturated carbocycles. The molecule has 0 spiro atoms. The molecule has 6 nitrogen and oxygen atoms in total. The number of benzene rings is 2. The number of halogens is 1. The van der Waals surface area contributed by atoms with Gasteiger partial charge in [-0.1, -0.05) is 46.3 Å². The van der Waals surface area contributed by atoms with Crippen LogP contribution in [0.15, 0.2) is 71.2 Å². The Morgan fingerprint density at radius 1 is 0.944 bits per heavy atom. The zero-order chi connectivity index (χ0) is 25.3. The van der Waals surface area contributed by atoms with E-state index in [4.69, 9.17) is 4.74 Å². The minimum atomic E-state index is -0.129. The van der Waals surface area contributed by atoms with E-state index in [2.05, 4.69) is 39.9 Å². The molecule has 0 unspecified atom stereocenters. The molecule has 36 heavy (non-hydrogen) atoms. The standard InChI is InChI=1S/C28H32BrN3O3S/c1-22-7-12-26(36-22)20-32(19-23-5-3-2-4-6-23)27(33)21-31(14-13-30-15-17-35-18-16-30)28(34)24-8-10-25(29)11-9-24/h2-12H,13-21H2,1H3. The van der Waals surface area contributed by atoms with Crippen molar-refractivity contribution in [3.05, 3.63) is 92.1 Å². The first-order chi connectivity index (χ1) is 17.5. The smallest absolute Gasteiger partial charge is 0.254 e. The second-order valence-corrected chi connectivity index (χ2v) is 11.2. The molecule has 0 bridgehead atoms. The lowest BCUT2D eigenvalue weighted by Gasteiger charge is -2.31. The number of thiophene rings is 1. The minimum absolute atomic E-state index is 0.0381. The van der Waals surface area contributed by atoms with Crippen LogP contribution in [0.2, 0.25) is 0 Å². The van der Waals surface area contributed by atoms with Crippen LogP contribution in [0.1, 0.15) is 25.7 Å². The molecule has 1 aliphatic rings. The van der Waals surface area contributed by atoms with Crippen molar-refractivity contribution in [2.75, 3.05) is 45.9 Å². The molecule has 2 aromatic carbocycles. The molecule has 8 heteroatoms. The van der Waals surface area contributed by atoms with Crippen LogP contribution in [0.5, 0.6) is 0 Å². The Kier molecular flexibility index (Phi) is 9.69. The maximum Gasteiger partial charge on any atom is 0.254 e. The molecule has 190 valence electrons. The van der Waals surface area contributed by atoms with Crippen molar-refractivity contribution in [3.63, 3.8) is 0 Å². The molecule has 1 aromatic heterocycles. The van der Waals surface area contributed by atoms with Crippen LogP contribution in [0.25, 0.3) is 0 Å². The van der Waals surface area contributed by atoms with Crippen molar-refractivity contribution >= 4 is 39.1 Å². The summed E-state index contributed by atoms with van der Waals surface area (Å²) in [4.78, 5) is 35.4. The van der Waals surface area contributed by atoms with Crippen LogP contribution >= 0.6 is 27.3 Å². The topological polar surface area (TPSA) is 53.1 Å². The highest BCUT2D eigenvalue weighted by molar-refractivity contribution is 9.10. The monoisotopic (exact) mass is 569 g/mol. The van der Waals surface area contributed by atoms with Gasteiger partial charge in [0, 0.05) is 52.5 Å². The van der Waals surface area contributed by atoms with Gasteiger partial charge in [-0.25, -0.2) is 0 Å². The van der Waals surface area contributed by atoms with Gasteiger partial charge < -0.3 is 14.5 Å². The lowest BCUT2D eigenvalue weighted by molar-refractivity contribution is -0.133. The fourth-order valence-corrected chi connectivity index (χ4v) is 5.34. The van der Waals surface area contributed by atoms with Crippen LogP contribution in [-0.4, -0.2) is 72.5 Å². The molecule has 0 radical (unpaired) electrons. The van der Waals surface area contributed by atoms with Gasteiger partial charge in [0.2, 0.25) is 5.91 Å². The second-order valence-electron chi connectivity index (χ2n) is 8.94. The Balaban J connectivity index is 1.52. The zero-order valence-electron chi connectivity index (χ0n) is 20.6. The maximum absolute atomic E-state index is 13.7. The number of hydrogen-bond acceptors (Lipinski definition) is 5. The average Bonchev–Trinajstić information content (AvgIpc) is 3.31. The Morgan fingerprint density at radius 3 is 2.33 bits per heavy atom. The Bertz CT molecular complexity index is 1130. The van der Waals surface area contributed by atoms with E-state index >= 15 is 0 Å². The van der Waals surface area contributed by atoms with Crippen molar-refractivity contribution in [1.29, 1.82) is 0 Å². The Morgan fingerprint density at radius 2 is 1.67 bits per heavy atom. The molecule has 0 atom stereocenters. The summed E-state index contributed by atoms with van der Waals surface area (Å²) in [6.45, 7) is 7.40. The number of nitrogens with zero attached hydrogens (tertiary/aromatic N) is 3. The van der Waals surface area contributed by atoms with Crippen molar-refractivity contribution in [2.45, 2.75) is 20.0 Å². The van der Waals surface area contributed by atoms with Crippen molar-refractivity contribution in [2.24, 2.45) is 0 Å². The number of rotatable bonds is 10. The summed E-state index contributed by atoms with van der Waals surface area (Å²) in [6, 6.07) is 21.5. The molecule has 0 N–H and O–H groups in total. The average molecular weight is 571 g/mol. The van der Waals surface area contributed by atoms with E-state index in [1.54, 1.807) is 28.4 Å². The number of ether oxygens (including phenoxy) is 1. The molecule has 4 rings (SSSR count). The van der Waals surface area contributed by atoms with Crippen molar-refractivity contribution < 1.29 is 14.3 Å². The third kappa shape index (κ3) is 7.74. The van der Waals surface area contributed by atoms with Gasteiger partial charge in [0.15, 0.2) is 0 Å². The summed E-state index contributed by atoms with van der Waals surface area (Å²) < 4.78 is 6.37. The number of morpholine rings is 1. The third-order valence-corrected chi connectivity index (χ3v) is 7.72. The van der Waals surface area contributed by atoms with Crippen LogP contribution in [0.3, 0.4) is 0 Å². The summed E-state index contributed by atoms with van der Waals surface area (Å²) in [5.74, 6) is -0.187. The fourth-order valence-electron chi connectivity index (χ4n) is 4.17. The summed E-state index contributed by atoms with van der Waals surface area (Å²) in [5, 5.41) is 0. The molecule has 1 saturated heterocycles. The van der Waals surface area contributed by atoms with E-state index in [1.165, 1.54) is 4.88 Å². The van der Waals surface area contributed by atoms with Gasteiger partial charge in [0.05, 0.1) is 19.8 Å². The summed E-state index contributed by atoms with van der Waals surface area (Å²) in [7, 11) is 0. The molecule has 1 aliphatic heterocycles. The number of amides is 2. The lowest BCUT2D eigenvalue weighted by Crippen LogP contribution is -2.47. The molecular formula is C28H32BrN3O3S. The predicted molar refractivity (Wildman–Crippen MR) is 147 cm³/mol. The molecule has 2 heterocycles. The highest BCUT2D eigenvalue weighted by atomic mass is 79.9. The van der Waals surface area contributed by atoms with E-state index in [0.29, 0.717) is 45.0 Å². The Labute approximate surface area is 225 Å². The Hall–Kier alpha value is -2.52. The SMILES string of the molecule is Cc1ccc(CN(Cc2ccccc2)C(=O)CN(CCN2CCOCC2)C(=O)c2ccc(Br)cc2)s1. The largest absolute Gasteiger partial charge is 0.379 e. The number of carbonyl (C=O) groups is 2. The van der Waals surface area contributed by atoms with Gasteiger partial charge in [-0.2, -0.15) is 0 Å². The van der Waals surface area contributed by atoms with Gasteiger partial charge in [0.25, 0.3) is 5.91 Å². The third-order valence-electron chi connectivity index (χ3n) is 6.21. The lowest BCUT2D eigenvalue weighted by atomic mass is 10.2. The molecule has 1 fully saturated rings. The summed E-state index contributed by atoms with van der Waals surface area (Å²) in [5.41, 5.74) is 1.65. The van der Waals surface area contributed by atoms with Gasteiger partial charge in [-0.3, -0.25) is 14.5 Å². The van der Waals surface area contributed by atoms with Crippen LogP contribution in [-0.2, 0) is 22.6 Å². The molecule has 3 aromatic rings.